The number of nitrogens with zero attached hydrogens (tertiary/aromatic N) is 2. The standard InChI is InChI=1S/C25H18N4O3S/c30-23-13-12-20(28-29-23)16-7-5-8-18(14-16)26-24(31)19-9-2-1-6-17(19)15-33-25-27-21-10-3-4-11-22(21)32-25/h1-14H,15H2,(H,26,31)(H,29,30). The fourth-order valence-corrected chi connectivity index (χ4v) is 4.22. The molecular weight excluding hydrogens is 436 g/mol. The van der Waals surface area contributed by atoms with E-state index in [0.717, 1.165) is 22.2 Å². The monoisotopic (exact) mass is 454 g/mol. The summed E-state index contributed by atoms with van der Waals surface area (Å²) in [7, 11) is 0. The Hall–Kier alpha value is -4.17. The third kappa shape index (κ3) is 4.70. The number of carbonyl (C=O) groups is 1. The minimum atomic E-state index is -0.268. The summed E-state index contributed by atoms with van der Waals surface area (Å²) in [6, 6.07) is 25.4. The molecule has 2 aromatic heterocycles. The van der Waals surface area contributed by atoms with Gasteiger partial charge in [-0.25, -0.2) is 10.1 Å². The number of hydrogen-bond donors (Lipinski definition) is 2. The summed E-state index contributed by atoms with van der Waals surface area (Å²) >= 11 is 1.44. The Kier molecular flexibility index (Phi) is 5.73. The van der Waals surface area contributed by atoms with Crippen LogP contribution in [-0.2, 0) is 5.75 Å². The molecule has 0 fully saturated rings. The molecule has 0 spiro atoms. The highest BCUT2D eigenvalue weighted by Gasteiger charge is 2.14. The molecule has 1 amide bonds. The Bertz CT molecular complexity index is 1460. The Morgan fingerprint density at radius 3 is 2.67 bits per heavy atom. The third-order valence-electron chi connectivity index (χ3n) is 4.98. The van der Waals surface area contributed by atoms with E-state index >= 15 is 0 Å². The zero-order valence-corrected chi connectivity index (χ0v) is 18.1. The van der Waals surface area contributed by atoms with Gasteiger partial charge >= 0.3 is 0 Å². The van der Waals surface area contributed by atoms with Crippen molar-refractivity contribution in [1.82, 2.24) is 15.2 Å². The number of hydrogen-bond acceptors (Lipinski definition) is 6. The first-order valence-corrected chi connectivity index (χ1v) is 11.2. The van der Waals surface area contributed by atoms with E-state index in [1.165, 1.54) is 17.8 Å². The molecule has 5 aromatic rings. The number of carbonyl (C=O) groups excluding carboxylic acids is 1. The second-order valence-corrected chi connectivity index (χ2v) is 8.16. The molecule has 33 heavy (non-hydrogen) atoms. The lowest BCUT2D eigenvalue weighted by Gasteiger charge is -2.10. The molecule has 5 rings (SSSR count). The molecule has 2 N–H and O–H groups in total. The number of para-hydroxylation sites is 2. The predicted octanol–water partition coefficient (Wildman–Crippen LogP) is 5.12. The first-order chi connectivity index (χ1) is 16.2. The zero-order chi connectivity index (χ0) is 22.6. The van der Waals surface area contributed by atoms with E-state index in [9.17, 15) is 9.59 Å². The maximum absolute atomic E-state index is 13.1. The summed E-state index contributed by atoms with van der Waals surface area (Å²) in [6.07, 6.45) is 0. The summed E-state index contributed by atoms with van der Waals surface area (Å²) in [5.74, 6) is 0.327. The molecule has 0 radical (unpaired) electrons. The van der Waals surface area contributed by atoms with Gasteiger partial charge in [0.15, 0.2) is 5.58 Å². The highest BCUT2D eigenvalue weighted by molar-refractivity contribution is 7.98. The van der Waals surface area contributed by atoms with Crippen LogP contribution >= 0.6 is 11.8 Å². The number of benzene rings is 3. The molecule has 0 unspecified atom stereocenters. The highest BCUT2D eigenvalue weighted by Crippen LogP contribution is 2.28. The SMILES string of the molecule is O=C(Nc1cccc(-c2ccc(=O)[nH]n2)c1)c1ccccc1CSc1nc2ccccc2o1. The maximum Gasteiger partial charge on any atom is 0.264 e. The Morgan fingerprint density at radius 2 is 1.82 bits per heavy atom. The van der Waals surface area contributed by atoms with Crippen LogP contribution in [0.3, 0.4) is 0 Å². The number of thioether (sulfide) groups is 1. The fourth-order valence-electron chi connectivity index (χ4n) is 3.38. The molecule has 8 heteroatoms. The average Bonchev–Trinajstić information content (AvgIpc) is 3.27. The Morgan fingerprint density at radius 1 is 0.970 bits per heavy atom. The maximum atomic E-state index is 13.1. The van der Waals surface area contributed by atoms with Crippen LogP contribution in [0.1, 0.15) is 15.9 Å². The van der Waals surface area contributed by atoms with Gasteiger partial charge in [0.05, 0.1) is 5.69 Å². The largest absolute Gasteiger partial charge is 0.431 e. The van der Waals surface area contributed by atoms with Gasteiger partial charge in [-0.1, -0.05) is 54.2 Å². The number of aromatic nitrogens is 3. The van der Waals surface area contributed by atoms with Gasteiger partial charge in [-0.2, -0.15) is 5.10 Å². The molecule has 0 aliphatic heterocycles. The van der Waals surface area contributed by atoms with Gasteiger partial charge in [0.2, 0.25) is 0 Å². The molecule has 3 aromatic carbocycles. The first kappa shape index (κ1) is 20.7. The van der Waals surface area contributed by atoms with Gasteiger partial charge in [0, 0.05) is 28.6 Å². The second-order valence-electron chi connectivity index (χ2n) is 7.23. The van der Waals surface area contributed by atoms with Crippen LogP contribution in [0.4, 0.5) is 5.69 Å². The summed E-state index contributed by atoms with van der Waals surface area (Å²) in [5, 5.41) is 9.98. The van der Waals surface area contributed by atoms with E-state index in [4.69, 9.17) is 4.42 Å². The van der Waals surface area contributed by atoms with Gasteiger partial charge in [-0.05, 0) is 42.0 Å². The number of amides is 1. The summed E-state index contributed by atoms with van der Waals surface area (Å²) in [6.45, 7) is 0. The minimum absolute atomic E-state index is 0.213. The Labute approximate surface area is 192 Å². The highest BCUT2D eigenvalue weighted by atomic mass is 32.2. The van der Waals surface area contributed by atoms with Crippen LogP contribution in [0.2, 0.25) is 0 Å². The van der Waals surface area contributed by atoms with Gasteiger partial charge in [0.1, 0.15) is 5.52 Å². The van der Waals surface area contributed by atoms with Gasteiger partial charge in [0.25, 0.3) is 16.7 Å². The molecule has 162 valence electrons. The lowest BCUT2D eigenvalue weighted by Crippen LogP contribution is -2.14. The van der Waals surface area contributed by atoms with Crippen molar-refractivity contribution in [3.63, 3.8) is 0 Å². The Balaban J connectivity index is 1.32. The van der Waals surface area contributed by atoms with Gasteiger partial charge < -0.3 is 9.73 Å². The van der Waals surface area contributed by atoms with Crippen LogP contribution in [0, 0.1) is 0 Å². The normalized spacial score (nSPS) is 10.9. The van der Waals surface area contributed by atoms with Crippen molar-refractivity contribution < 1.29 is 9.21 Å². The molecule has 0 saturated carbocycles. The predicted molar refractivity (Wildman–Crippen MR) is 128 cm³/mol. The number of anilines is 1. The molecule has 0 bridgehead atoms. The molecule has 0 atom stereocenters. The lowest BCUT2D eigenvalue weighted by atomic mass is 10.1. The summed E-state index contributed by atoms with van der Waals surface area (Å²) in [4.78, 5) is 28.8. The quantitative estimate of drug-likeness (QED) is 0.345. The lowest BCUT2D eigenvalue weighted by molar-refractivity contribution is 0.102. The smallest absolute Gasteiger partial charge is 0.264 e. The van der Waals surface area contributed by atoms with E-state index in [-0.39, 0.29) is 11.5 Å². The van der Waals surface area contributed by atoms with Crippen molar-refractivity contribution in [2.24, 2.45) is 0 Å². The van der Waals surface area contributed by atoms with Gasteiger partial charge in [-0.3, -0.25) is 9.59 Å². The van der Waals surface area contributed by atoms with Gasteiger partial charge in [-0.15, -0.1) is 0 Å². The summed E-state index contributed by atoms with van der Waals surface area (Å²) in [5.41, 5.74) is 4.76. The van der Waals surface area contributed by atoms with E-state index < -0.39 is 0 Å². The third-order valence-corrected chi connectivity index (χ3v) is 5.86. The van der Waals surface area contributed by atoms with Crippen LogP contribution in [0.25, 0.3) is 22.4 Å². The molecule has 2 heterocycles. The van der Waals surface area contributed by atoms with E-state index in [2.05, 4.69) is 20.5 Å². The topological polar surface area (TPSA) is 101 Å². The average molecular weight is 455 g/mol. The van der Waals surface area contributed by atoms with E-state index in [0.29, 0.717) is 27.9 Å². The molecule has 0 saturated heterocycles. The first-order valence-electron chi connectivity index (χ1n) is 10.2. The van der Waals surface area contributed by atoms with Crippen molar-refractivity contribution in [2.45, 2.75) is 11.0 Å². The van der Waals surface area contributed by atoms with Crippen molar-refractivity contribution in [1.29, 1.82) is 0 Å². The van der Waals surface area contributed by atoms with Crippen molar-refractivity contribution in [3.8, 4) is 11.3 Å². The number of nitrogens with one attached hydrogen (secondary N) is 2. The van der Waals surface area contributed by atoms with Crippen molar-refractivity contribution in [2.75, 3.05) is 5.32 Å². The van der Waals surface area contributed by atoms with Crippen molar-refractivity contribution >= 4 is 34.5 Å². The number of oxazole rings is 1. The molecular formula is C25H18N4O3S. The zero-order valence-electron chi connectivity index (χ0n) is 17.3. The molecule has 0 aliphatic rings. The van der Waals surface area contributed by atoms with Crippen LogP contribution < -0.4 is 10.9 Å². The second kappa shape index (κ2) is 9.13. The fraction of sp³-hybridized carbons (Fsp3) is 0.0400. The van der Waals surface area contributed by atoms with Crippen LogP contribution in [-0.4, -0.2) is 21.1 Å². The number of rotatable bonds is 6. The minimum Gasteiger partial charge on any atom is -0.431 e. The number of H-pyrrole nitrogens is 1. The van der Waals surface area contributed by atoms with Crippen LogP contribution in [0.15, 0.2) is 99.4 Å². The van der Waals surface area contributed by atoms with E-state index in [1.54, 1.807) is 12.1 Å². The molecule has 0 aliphatic carbocycles. The summed E-state index contributed by atoms with van der Waals surface area (Å²) < 4.78 is 5.77. The van der Waals surface area contributed by atoms with Crippen LogP contribution in [0.5, 0.6) is 0 Å². The van der Waals surface area contributed by atoms with Crippen molar-refractivity contribution in [3.05, 3.63) is 106 Å². The number of aromatic amines is 1. The number of fused-ring (bicyclic) bond motifs is 1. The molecule has 7 nitrogen and oxygen atoms in total. The van der Waals surface area contributed by atoms with E-state index in [1.807, 2.05) is 66.7 Å².